The van der Waals surface area contributed by atoms with E-state index in [0.717, 1.165) is 128 Å². The molecule has 0 saturated heterocycles. The summed E-state index contributed by atoms with van der Waals surface area (Å²) in [7, 11) is 0. The van der Waals surface area contributed by atoms with Crippen molar-refractivity contribution in [2.45, 2.75) is 105 Å². The maximum atomic E-state index is 9.89. The van der Waals surface area contributed by atoms with Gasteiger partial charge in [0.1, 0.15) is 0 Å². The summed E-state index contributed by atoms with van der Waals surface area (Å²) in [4.78, 5) is 4.84. The standard InChI is InChI=1S/C106H88BN5O/c1-103(2,3)71-42-50-90-82(59-71)83-60-72(104(4,5)6)43-51-91(83)109(90)75-46-48-86-96(63-75)110(77-55-68(65-28-16-13-17-29-65)54-69(56-77)66-30-18-14-19-31-66)98-57-70(67-32-20-15-21-33-67)58-99-100(98)107(86)87-49-47-76(108-88-38-24-22-34-78(88)79-35-23-25-39-89(79)108)64-97(87)112(99)95-41-27-37-81-80-36-26-40-94(101(80)113-102(81)95)111-92-52-44-73(105(7,8)9)61-84(92)85-62-74(106(10,11)12)45-53-93(85)111/h13-64H,1-12H3/i22D,23D,24D,25D,34D,35D,38D,39D. The van der Waals surface area contributed by atoms with Gasteiger partial charge in [0.15, 0.2) is 11.2 Å². The molecule has 0 amide bonds. The van der Waals surface area contributed by atoms with Crippen LogP contribution in [-0.4, -0.2) is 20.4 Å². The second-order valence-electron chi connectivity index (χ2n) is 35.2. The van der Waals surface area contributed by atoms with Crippen molar-refractivity contribution in [3.8, 4) is 50.4 Å². The monoisotopic (exact) mass is 1470 g/mol. The smallest absolute Gasteiger partial charge is 0.252 e. The van der Waals surface area contributed by atoms with Crippen molar-refractivity contribution >= 4 is 145 Å². The van der Waals surface area contributed by atoms with E-state index in [-0.39, 0.29) is 55.6 Å². The van der Waals surface area contributed by atoms with Gasteiger partial charge in [-0.25, -0.2) is 0 Å². The zero-order valence-corrected chi connectivity index (χ0v) is 65.6. The number of hydrogen-bond acceptors (Lipinski definition) is 3. The molecule has 2 aliphatic heterocycles. The molecule has 0 atom stereocenters. The van der Waals surface area contributed by atoms with Crippen molar-refractivity contribution in [1.82, 2.24) is 13.7 Å². The zero-order valence-electron chi connectivity index (χ0n) is 73.6. The first kappa shape index (κ1) is 60.0. The molecule has 546 valence electrons. The summed E-state index contributed by atoms with van der Waals surface area (Å²) in [6.45, 7) is 26.8. The highest BCUT2D eigenvalue weighted by molar-refractivity contribution is 7.00. The van der Waals surface area contributed by atoms with Crippen molar-refractivity contribution in [1.29, 1.82) is 0 Å². The SMILES string of the molecule is [2H]c1c([2H])c([2H])c2c(c1[2H])c1c([2H])c([2H])c([2H])c([2H])c1n2-c1ccc2c(c1)N(c1cccc3c1oc1c(-n4c5ccc(C(C)(C)C)cc5c5cc(C(C)(C)C)ccc54)cccc13)c1cc(-c3ccccc3)cc3c1B2c1ccc(-n2c4ccc(C(C)(C)C)cc4c4cc(C(C)(C)C)ccc42)cc1N3c1cc(-c2ccccc2)cc(-c2ccccc2)c1. The molecule has 0 saturated carbocycles. The second-order valence-corrected chi connectivity index (χ2v) is 35.2. The molecule has 0 unspecified atom stereocenters. The third-order valence-electron chi connectivity index (χ3n) is 24.0. The van der Waals surface area contributed by atoms with Gasteiger partial charge in [-0.3, -0.25) is 0 Å². The van der Waals surface area contributed by atoms with Crippen LogP contribution in [0.5, 0.6) is 0 Å². The molecule has 0 N–H and O–H groups in total. The van der Waals surface area contributed by atoms with Crippen LogP contribution in [0.25, 0.3) is 138 Å². The summed E-state index contributed by atoms with van der Waals surface area (Å²) in [5.41, 5.74) is 26.5. The van der Waals surface area contributed by atoms with Crippen LogP contribution in [-0.2, 0) is 21.7 Å². The zero-order chi connectivity index (χ0) is 83.8. The minimum absolute atomic E-state index is 0.00292. The van der Waals surface area contributed by atoms with Crippen molar-refractivity contribution in [3.05, 3.63) is 338 Å². The van der Waals surface area contributed by atoms with Crippen molar-refractivity contribution in [2.24, 2.45) is 0 Å². The van der Waals surface area contributed by atoms with Crippen LogP contribution >= 0.6 is 0 Å². The van der Waals surface area contributed by atoms with Gasteiger partial charge in [-0.2, -0.15) is 0 Å². The molecule has 113 heavy (non-hydrogen) atoms. The van der Waals surface area contributed by atoms with Gasteiger partial charge in [0.25, 0.3) is 6.71 Å². The fourth-order valence-electron chi connectivity index (χ4n) is 18.2. The average molecular weight is 1470 g/mol. The first-order chi connectivity index (χ1) is 57.9. The Balaban J connectivity index is 0.902. The third-order valence-corrected chi connectivity index (χ3v) is 24.0. The van der Waals surface area contributed by atoms with Gasteiger partial charge in [-0.15, -0.1) is 0 Å². The van der Waals surface area contributed by atoms with Gasteiger partial charge in [0.2, 0.25) is 0 Å². The number of furan rings is 1. The Hall–Kier alpha value is -12.8. The summed E-state index contributed by atoms with van der Waals surface area (Å²) >= 11 is 0. The van der Waals surface area contributed by atoms with Crippen LogP contribution in [0.1, 0.15) is 116 Å². The number of anilines is 6. The molecule has 21 rings (SSSR count). The largest absolute Gasteiger partial charge is 0.452 e. The number of hydrogen-bond donors (Lipinski definition) is 0. The van der Waals surface area contributed by atoms with Crippen LogP contribution in [0.15, 0.2) is 320 Å². The Morgan fingerprint density at radius 1 is 0.257 bits per heavy atom. The number of aromatic nitrogens is 3. The first-order valence-corrected chi connectivity index (χ1v) is 39.4. The Kier molecular flexibility index (Phi) is 13.2. The van der Waals surface area contributed by atoms with Crippen molar-refractivity contribution in [3.63, 3.8) is 0 Å². The van der Waals surface area contributed by atoms with Gasteiger partial charge < -0.3 is 27.9 Å². The van der Waals surface area contributed by atoms with E-state index in [1.165, 1.54) is 33.0 Å². The summed E-state index contributed by atoms with van der Waals surface area (Å²) in [6, 6.07) is 93.8. The highest BCUT2D eigenvalue weighted by Crippen LogP contribution is 2.52. The van der Waals surface area contributed by atoms with E-state index in [9.17, 15) is 8.22 Å². The third kappa shape index (κ3) is 10.7. The molecule has 15 aromatic carbocycles. The maximum absolute atomic E-state index is 9.89. The molecule has 0 bridgehead atoms. The predicted molar refractivity (Wildman–Crippen MR) is 482 cm³/mol. The minimum atomic E-state index is -0.523. The van der Waals surface area contributed by atoms with Crippen molar-refractivity contribution in [2.75, 3.05) is 9.80 Å². The fourth-order valence-corrected chi connectivity index (χ4v) is 18.2. The van der Waals surface area contributed by atoms with E-state index >= 15 is 0 Å². The predicted octanol–water partition coefficient (Wildman–Crippen LogP) is 27.2. The second kappa shape index (κ2) is 24.8. The molecule has 0 radical (unpaired) electrons. The fraction of sp³-hybridized carbons (Fsp3) is 0.151. The van der Waals surface area contributed by atoms with E-state index in [1.54, 1.807) is 4.57 Å². The van der Waals surface area contributed by atoms with Crippen LogP contribution < -0.4 is 26.2 Å². The summed E-state index contributed by atoms with van der Waals surface area (Å²) < 4.78 is 90.2. The average Bonchev–Trinajstić information content (AvgIpc) is 1.31. The number of para-hydroxylation sites is 4. The van der Waals surface area contributed by atoms with Gasteiger partial charge in [-0.05, 0) is 221 Å². The molecule has 7 heteroatoms. The molecule has 6 nitrogen and oxygen atoms in total. The lowest BCUT2D eigenvalue weighted by atomic mass is 9.33. The van der Waals surface area contributed by atoms with Crippen molar-refractivity contribution < 1.29 is 15.4 Å². The van der Waals surface area contributed by atoms with Crippen LogP contribution in [0, 0.1) is 0 Å². The molecule has 4 aromatic heterocycles. The Bertz CT molecular complexity index is 7400. The van der Waals surface area contributed by atoms with Gasteiger partial charge in [-0.1, -0.05) is 271 Å². The molecular formula is C106H88BN5O. The van der Waals surface area contributed by atoms with E-state index < -0.39 is 43.0 Å². The minimum Gasteiger partial charge on any atom is -0.452 e. The van der Waals surface area contributed by atoms with Crippen LogP contribution in [0.4, 0.5) is 34.1 Å². The molecule has 0 spiro atoms. The van der Waals surface area contributed by atoms with Gasteiger partial charge in [0.05, 0.1) is 55.4 Å². The lowest BCUT2D eigenvalue weighted by Crippen LogP contribution is -2.61. The topological polar surface area (TPSA) is 34.4 Å². The molecule has 2 aliphatic rings. The quantitative estimate of drug-likeness (QED) is 0.142. The molecule has 6 heterocycles. The number of nitrogens with zero attached hydrogens (tertiary/aromatic N) is 5. The molecular weight excluding hydrogens is 1370 g/mol. The van der Waals surface area contributed by atoms with E-state index in [4.69, 9.17) is 7.16 Å². The normalized spacial score (nSPS) is 14.2. The number of benzene rings is 15. The first-order valence-electron chi connectivity index (χ1n) is 43.4. The van der Waals surface area contributed by atoms with E-state index in [1.807, 2.05) is 6.07 Å². The Morgan fingerprint density at radius 2 is 0.628 bits per heavy atom. The summed E-state index contributed by atoms with van der Waals surface area (Å²) in [5.74, 6) is 0. The highest BCUT2D eigenvalue weighted by atomic mass is 16.3. The number of rotatable bonds is 8. The van der Waals surface area contributed by atoms with E-state index in [2.05, 4.69) is 363 Å². The maximum Gasteiger partial charge on any atom is 0.252 e. The van der Waals surface area contributed by atoms with E-state index in [0.29, 0.717) is 28.2 Å². The van der Waals surface area contributed by atoms with Crippen LogP contribution in [0.2, 0.25) is 0 Å². The highest BCUT2D eigenvalue weighted by Gasteiger charge is 2.45. The lowest BCUT2D eigenvalue weighted by molar-refractivity contribution is 0.590. The summed E-state index contributed by atoms with van der Waals surface area (Å²) in [6.07, 6.45) is 0. The Morgan fingerprint density at radius 3 is 1.06 bits per heavy atom. The van der Waals surface area contributed by atoms with Gasteiger partial charge in [0, 0.05) is 82.9 Å². The van der Waals surface area contributed by atoms with Crippen LogP contribution in [0.3, 0.4) is 0 Å². The summed E-state index contributed by atoms with van der Waals surface area (Å²) in [5, 5.41) is 6.44. The number of fused-ring (bicyclic) bond motifs is 16. The Labute approximate surface area is 672 Å². The van der Waals surface area contributed by atoms with Gasteiger partial charge >= 0.3 is 0 Å². The molecule has 19 aromatic rings. The molecule has 0 fully saturated rings. The molecule has 0 aliphatic carbocycles. The lowest BCUT2D eigenvalue weighted by Gasteiger charge is -2.44.